The number of rotatable bonds is 9. The Bertz CT molecular complexity index is 406. The van der Waals surface area contributed by atoms with Gasteiger partial charge in [-0.2, -0.15) is 0 Å². The van der Waals surface area contributed by atoms with E-state index in [9.17, 15) is 5.11 Å². The highest BCUT2D eigenvalue weighted by Gasteiger charge is 2.18. The number of morpholine rings is 1. The van der Waals surface area contributed by atoms with Crippen molar-refractivity contribution in [2.45, 2.75) is 6.10 Å². The summed E-state index contributed by atoms with van der Waals surface area (Å²) in [6.07, 6.45) is -0.436. The summed E-state index contributed by atoms with van der Waals surface area (Å²) in [5, 5.41) is 9.93. The third-order valence-electron chi connectivity index (χ3n) is 3.59. The van der Waals surface area contributed by atoms with E-state index in [1.807, 2.05) is 24.3 Å². The van der Waals surface area contributed by atoms with E-state index in [-0.39, 0.29) is 0 Å². The lowest BCUT2D eigenvalue weighted by atomic mass is 10.3. The number of aliphatic hydroxyl groups excluding tert-OH is 1. The summed E-state index contributed by atoms with van der Waals surface area (Å²) in [5.41, 5.74) is 0. The molecule has 2 rings (SSSR count). The fourth-order valence-electron chi connectivity index (χ4n) is 2.37. The minimum atomic E-state index is -0.436. The molecule has 22 heavy (non-hydrogen) atoms. The van der Waals surface area contributed by atoms with Crippen molar-refractivity contribution < 1.29 is 29.0 Å². The van der Waals surface area contributed by atoms with Gasteiger partial charge < -0.3 is 29.0 Å². The molecule has 1 aromatic rings. The van der Waals surface area contributed by atoms with Crippen LogP contribution in [0.4, 0.5) is 0 Å². The molecule has 0 bridgehead atoms. The number of methoxy groups -OCH3 is 1. The van der Waals surface area contributed by atoms with Crippen molar-refractivity contribution in [3.63, 3.8) is 0 Å². The fourth-order valence-corrected chi connectivity index (χ4v) is 2.37. The Hall–Kier alpha value is -1.34. The Morgan fingerprint density at radius 1 is 1.14 bits per heavy atom. The molecule has 6 nitrogen and oxygen atoms in total. The molecule has 124 valence electrons. The van der Waals surface area contributed by atoms with Crippen molar-refractivity contribution in [1.82, 2.24) is 0 Å². The third-order valence-corrected chi connectivity index (χ3v) is 3.59. The molecule has 1 aromatic carbocycles. The molecular formula is C16H26NO5+. The lowest BCUT2D eigenvalue weighted by Gasteiger charge is -2.25. The number of quaternary nitrogens is 1. The Kier molecular flexibility index (Phi) is 7.45. The Balaban J connectivity index is 1.52. The zero-order valence-electron chi connectivity index (χ0n) is 13.1. The zero-order chi connectivity index (χ0) is 15.6. The molecule has 6 heteroatoms. The van der Waals surface area contributed by atoms with Gasteiger partial charge in [0.25, 0.3) is 0 Å². The molecule has 0 unspecified atom stereocenters. The van der Waals surface area contributed by atoms with Crippen LogP contribution in [0, 0.1) is 0 Å². The molecule has 0 aliphatic carbocycles. The maximum Gasteiger partial charge on any atom is 0.126 e. The summed E-state index contributed by atoms with van der Waals surface area (Å²) in [5.74, 6) is 1.58. The van der Waals surface area contributed by atoms with Gasteiger partial charge in [0.1, 0.15) is 43.8 Å². The molecular weight excluding hydrogens is 286 g/mol. The van der Waals surface area contributed by atoms with Crippen LogP contribution in [0.5, 0.6) is 11.5 Å². The highest BCUT2D eigenvalue weighted by atomic mass is 16.5. The summed E-state index contributed by atoms with van der Waals surface area (Å²) in [4.78, 5) is 1.37. The first kappa shape index (κ1) is 17.0. The lowest BCUT2D eigenvalue weighted by molar-refractivity contribution is -0.911. The van der Waals surface area contributed by atoms with E-state index in [2.05, 4.69) is 0 Å². The predicted molar refractivity (Wildman–Crippen MR) is 81.7 cm³/mol. The maximum absolute atomic E-state index is 9.93. The van der Waals surface area contributed by atoms with Crippen LogP contribution < -0.4 is 14.4 Å². The van der Waals surface area contributed by atoms with Crippen molar-refractivity contribution in [3.8, 4) is 11.5 Å². The number of hydrogen-bond acceptors (Lipinski definition) is 5. The second-order valence-electron chi connectivity index (χ2n) is 5.32. The number of ether oxygens (including phenoxy) is 4. The van der Waals surface area contributed by atoms with Gasteiger partial charge in [-0.1, -0.05) is 0 Å². The number of benzene rings is 1. The topological polar surface area (TPSA) is 61.6 Å². The third kappa shape index (κ3) is 6.19. The molecule has 0 amide bonds. The van der Waals surface area contributed by atoms with Crippen LogP contribution in [-0.4, -0.2) is 71.0 Å². The van der Waals surface area contributed by atoms with Crippen molar-refractivity contribution in [2.75, 3.05) is 59.8 Å². The van der Waals surface area contributed by atoms with Gasteiger partial charge in [0, 0.05) is 0 Å². The molecule has 0 saturated carbocycles. The normalized spacial score (nSPS) is 17.2. The van der Waals surface area contributed by atoms with Crippen LogP contribution >= 0.6 is 0 Å². The molecule has 0 radical (unpaired) electrons. The summed E-state index contributed by atoms with van der Waals surface area (Å²) in [7, 11) is 1.63. The number of aliphatic hydroxyl groups is 1. The second kappa shape index (κ2) is 9.63. The first-order valence-corrected chi connectivity index (χ1v) is 7.72. The fraction of sp³-hybridized carbons (Fsp3) is 0.625. The van der Waals surface area contributed by atoms with E-state index >= 15 is 0 Å². The van der Waals surface area contributed by atoms with Gasteiger partial charge in [0.15, 0.2) is 0 Å². The van der Waals surface area contributed by atoms with Crippen LogP contribution in [0.3, 0.4) is 0 Å². The maximum atomic E-state index is 9.93. The molecule has 0 spiro atoms. The lowest BCUT2D eigenvalue weighted by Crippen LogP contribution is -3.15. The van der Waals surface area contributed by atoms with E-state index in [1.54, 1.807) is 7.11 Å². The zero-order valence-corrected chi connectivity index (χ0v) is 13.1. The van der Waals surface area contributed by atoms with Crippen molar-refractivity contribution in [1.29, 1.82) is 0 Å². The molecule has 0 aromatic heterocycles. The van der Waals surface area contributed by atoms with Gasteiger partial charge in [0.2, 0.25) is 0 Å². The van der Waals surface area contributed by atoms with Crippen LogP contribution in [0.15, 0.2) is 24.3 Å². The van der Waals surface area contributed by atoms with Crippen LogP contribution in [0.2, 0.25) is 0 Å². The monoisotopic (exact) mass is 312 g/mol. The summed E-state index contributed by atoms with van der Waals surface area (Å²) >= 11 is 0. The van der Waals surface area contributed by atoms with E-state index in [0.29, 0.717) is 26.4 Å². The van der Waals surface area contributed by atoms with Gasteiger partial charge in [-0.05, 0) is 24.3 Å². The van der Waals surface area contributed by atoms with Crippen molar-refractivity contribution in [3.05, 3.63) is 24.3 Å². The quantitative estimate of drug-likeness (QED) is 0.595. The van der Waals surface area contributed by atoms with Gasteiger partial charge in [0.05, 0.1) is 33.5 Å². The minimum Gasteiger partial charge on any atom is -0.497 e. The highest BCUT2D eigenvalue weighted by molar-refractivity contribution is 5.31. The van der Waals surface area contributed by atoms with E-state index < -0.39 is 6.10 Å². The molecule has 1 aliphatic rings. The standard InChI is InChI=1S/C16H25NO5/c1-19-15-2-4-16(5-3-15)22-11-10-21-13-14(18)12-17-6-8-20-9-7-17/h2-5,14,18H,6-13H2,1H3/p+1/t14-/m1/s1. The Labute approximate surface area is 131 Å². The summed E-state index contributed by atoms with van der Waals surface area (Å²) in [6.45, 7) is 5.44. The molecule has 1 heterocycles. The van der Waals surface area contributed by atoms with Crippen molar-refractivity contribution >= 4 is 0 Å². The molecule has 1 fully saturated rings. The number of nitrogens with one attached hydrogen (secondary N) is 1. The average Bonchev–Trinajstić information content (AvgIpc) is 2.56. The molecule has 1 aliphatic heterocycles. The molecule has 1 saturated heterocycles. The average molecular weight is 312 g/mol. The summed E-state index contributed by atoms with van der Waals surface area (Å²) in [6, 6.07) is 7.42. The first-order chi connectivity index (χ1) is 10.8. The first-order valence-electron chi connectivity index (χ1n) is 7.72. The van der Waals surface area contributed by atoms with E-state index in [4.69, 9.17) is 18.9 Å². The minimum absolute atomic E-state index is 0.344. The largest absolute Gasteiger partial charge is 0.497 e. The van der Waals surface area contributed by atoms with Crippen LogP contribution in [0.25, 0.3) is 0 Å². The van der Waals surface area contributed by atoms with Crippen LogP contribution in [0.1, 0.15) is 0 Å². The van der Waals surface area contributed by atoms with Gasteiger partial charge in [-0.3, -0.25) is 0 Å². The smallest absolute Gasteiger partial charge is 0.126 e. The predicted octanol–water partition coefficient (Wildman–Crippen LogP) is -0.633. The van der Waals surface area contributed by atoms with Gasteiger partial charge >= 0.3 is 0 Å². The van der Waals surface area contributed by atoms with Crippen LogP contribution in [-0.2, 0) is 9.47 Å². The highest BCUT2D eigenvalue weighted by Crippen LogP contribution is 2.16. The Morgan fingerprint density at radius 2 is 1.82 bits per heavy atom. The molecule has 1 atom stereocenters. The second-order valence-corrected chi connectivity index (χ2v) is 5.32. The van der Waals surface area contributed by atoms with Gasteiger partial charge in [-0.15, -0.1) is 0 Å². The summed E-state index contributed by atoms with van der Waals surface area (Å²) < 4.78 is 21.4. The van der Waals surface area contributed by atoms with Gasteiger partial charge in [-0.25, -0.2) is 0 Å². The van der Waals surface area contributed by atoms with Crippen molar-refractivity contribution in [2.24, 2.45) is 0 Å². The SMILES string of the molecule is COc1ccc(OCCOC[C@H](O)C[NH+]2CCOCC2)cc1. The Morgan fingerprint density at radius 3 is 2.50 bits per heavy atom. The molecule has 2 N–H and O–H groups in total. The van der Waals surface area contributed by atoms with E-state index in [1.165, 1.54) is 4.90 Å². The number of hydrogen-bond donors (Lipinski definition) is 2. The van der Waals surface area contributed by atoms with E-state index in [0.717, 1.165) is 37.8 Å².